The minimum absolute atomic E-state index is 0.0573. The first-order valence-corrected chi connectivity index (χ1v) is 19.1. The van der Waals surface area contributed by atoms with E-state index in [1.807, 2.05) is 6.92 Å². The summed E-state index contributed by atoms with van der Waals surface area (Å²) in [6, 6.07) is 10.1. The molecule has 1 unspecified atom stereocenters. The van der Waals surface area contributed by atoms with Gasteiger partial charge in [-0.25, -0.2) is 4.79 Å². The van der Waals surface area contributed by atoms with Gasteiger partial charge in [-0.2, -0.15) is 0 Å². The molecule has 1 amide bonds. The lowest BCUT2D eigenvalue weighted by Crippen LogP contribution is -2.54. The molecule has 0 bridgehead atoms. The van der Waals surface area contributed by atoms with Crippen molar-refractivity contribution in [2.45, 2.75) is 143 Å². The second-order valence-electron chi connectivity index (χ2n) is 17.4. The molecule has 0 radical (unpaired) electrons. The van der Waals surface area contributed by atoms with Crippen LogP contribution in [0.1, 0.15) is 118 Å². The molecule has 6 heteroatoms. The number of amides is 1. The average molecular weight is 650 g/mol. The Morgan fingerprint density at radius 1 is 0.979 bits per heavy atom. The minimum atomic E-state index is -0.580. The number of carbonyl (C=O) groups excluding carboxylic acids is 2. The van der Waals surface area contributed by atoms with E-state index in [0.29, 0.717) is 47.2 Å². The lowest BCUT2D eigenvalue weighted by Gasteiger charge is -2.61. The predicted molar refractivity (Wildman–Crippen MR) is 185 cm³/mol. The zero-order valence-corrected chi connectivity index (χ0v) is 30.3. The van der Waals surface area contributed by atoms with Gasteiger partial charge in [0, 0.05) is 5.92 Å². The lowest BCUT2D eigenvalue weighted by atomic mass is 9.44. The van der Waals surface area contributed by atoms with E-state index in [-0.39, 0.29) is 23.9 Å². The average Bonchev–Trinajstić information content (AvgIpc) is 3.54. The van der Waals surface area contributed by atoms with E-state index in [1.165, 1.54) is 64.0 Å². The number of carbonyl (C=O) groups is 2. The van der Waals surface area contributed by atoms with Crippen molar-refractivity contribution in [1.82, 2.24) is 5.32 Å². The summed E-state index contributed by atoms with van der Waals surface area (Å²) in [6.45, 7) is 14.5. The summed E-state index contributed by atoms with van der Waals surface area (Å²) >= 11 is 0. The number of benzene rings is 1. The van der Waals surface area contributed by atoms with Crippen LogP contribution in [0.15, 0.2) is 30.3 Å². The van der Waals surface area contributed by atoms with E-state index in [9.17, 15) is 9.59 Å². The van der Waals surface area contributed by atoms with Crippen LogP contribution >= 0.6 is 0 Å². The fraction of sp³-hybridized carbons (Fsp3) is 0.805. The van der Waals surface area contributed by atoms with Crippen molar-refractivity contribution < 1.29 is 23.8 Å². The number of fused-ring (bicyclic) bond motifs is 7. The fourth-order valence-corrected chi connectivity index (χ4v) is 11.9. The van der Waals surface area contributed by atoms with E-state index in [2.05, 4.69) is 70.3 Å². The van der Waals surface area contributed by atoms with Crippen molar-refractivity contribution in [1.29, 1.82) is 0 Å². The van der Waals surface area contributed by atoms with Gasteiger partial charge < -0.3 is 19.5 Å². The smallest absolute Gasteiger partial charge is 0.328 e. The molecule has 262 valence electrons. The quantitative estimate of drug-likeness (QED) is 0.244. The number of esters is 1. The van der Waals surface area contributed by atoms with Gasteiger partial charge >= 0.3 is 5.97 Å². The Kier molecular flexibility index (Phi) is 10.5. The molecular formula is C41H63NO5. The first-order valence-electron chi connectivity index (χ1n) is 19.1. The molecule has 0 aromatic heterocycles. The fourth-order valence-electron chi connectivity index (χ4n) is 11.9. The van der Waals surface area contributed by atoms with Gasteiger partial charge in [-0.15, -0.1) is 0 Å². The van der Waals surface area contributed by atoms with E-state index >= 15 is 0 Å². The van der Waals surface area contributed by atoms with Gasteiger partial charge in [0.25, 0.3) is 0 Å². The van der Waals surface area contributed by atoms with Crippen LogP contribution in [-0.2, 0) is 30.4 Å². The molecule has 1 heterocycles. The largest absolute Gasteiger partial charge is 0.467 e. The molecule has 5 aliphatic rings. The number of hydrogen-bond acceptors (Lipinski definition) is 5. The Bertz CT molecular complexity index is 1240. The third-order valence-corrected chi connectivity index (χ3v) is 14.4. The Morgan fingerprint density at radius 3 is 2.45 bits per heavy atom. The maximum Gasteiger partial charge on any atom is 0.328 e. The highest BCUT2D eigenvalue weighted by Gasteiger charge is 2.65. The van der Waals surface area contributed by atoms with Gasteiger partial charge in [-0.05, 0) is 128 Å². The molecule has 4 aliphatic carbocycles. The van der Waals surface area contributed by atoms with Gasteiger partial charge in [-0.3, -0.25) is 4.79 Å². The molecule has 4 saturated carbocycles. The van der Waals surface area contributed by atoms with E-state index in [1.54, 1.807) is 0 Å². The van der Waals surface area contributed by atoms with Crippen molar-refractivity contribution in [3.63, 3.8) is 0 Å². The van der Waals surface area contributed by atoms with Crippen LogP contribution in [-0.4, -0.2) is 43.3 Å². The number of nitrogens with one attached hydrogen (secondary N) is 1. The third-order valence-electron chi connectivity index (χ3n) is 14.4. The highest BCUT2D eigenvalue weighted by molar-refractivity contribution is 5.85. The summed E-state index contributed by atoms with van der Waals surface area (Å²) in [5.74, 6) is 4.05. The van der Waals surface area contributed by atoms with E-state index in [0.717, 1.165) is 43.1 Å². The summed E-state index contributed by atoms with van der Waals surface area (Å²) in [6.07, 6.45) is 13.6. The highest BCUT2D eigenvalue weighted by Crippen LogP contribution is 2.70. The zero-order valence-electron chi connectivity index (χ0n) is 30.3. The van der Waals surface area contributed by atoms with Gasteiger partial charge in [-0.1, -0.05) is 71.9 Å². The number of rotatable bonds is 11. The Morgan fingerprint density at radius 2 is 1.72 bits per heavy atom. The minimum Gasteiger partial charge on any atom is -0.467 e. The van der Waals surface area contributed by atoms with Crippen LogP contribution in [0.2, 0.25) is 0 Å². The second kappa shape index (κ2) is 14.1. The van der Waals surface area contributed by atoms with Crippen LogP contribution < -0.4 is 5.32 Å². The third kappa shape index (κ3) is 6.81. The molecule has 1 aromatic rings. The predicted octanol–water partition coefficient (Wildman–Crippen LogP) is 8.36. The maximum atomic E-state index is 13.1. The van der Waals surface area contributed by atoms with E-state index in [4.69, 9.17) is 14.2 Å². The first-order chi connectivity index (χ1) is 22.4. The van der Waals surface area contributed by atoms with Crippen LogP contribution in [0.4, 0.5) is 0 Å². The van der Waals surface area contributed by atoms with Gasteiger partial charge in [0.1, 0.15) is 6.04 Å². The van der Waals surface area contributed by atoms with E-state index < -0.39 is 6.04 Å². The summed E-state index contributed by atoms with van der Waals surface area (Å²) < 4.78 is 18.4. The van der Waals surface area contributed by atoms with Crippen LogP contribution in [0, 0.1) is 58.2 Å². The zero-order chi connectivity index (χ0) is 33.5. The normalized spacial score (nSPS) is 40.5. The van der Waals surface area contributed by atoms with Crippen molar-refractivity contribution in [2.24, 2.45) is 58.2 Å². The molecule has 1 aromatic carbocycles. The molecule has 0 spiro atoms. The molecule has 6 nitrogen and oxygen atoms in total. The summed E-state index contributed by atoms with van der Waals surface area (Å²) in [5.41, 5.74) is 2.09. The van der Waals surface area contributed by atoms with Gasteiger partial charge in [0.2, 0.25) is 5.91 Å². The second-order valence-corrected chi connectivity index (χ2v) is 17.4. The summed E-state index contributed by atoms with van der Waals surface area (Å²) in [7, 11) is 1.39. The van der Waals surface area contributed by atoms with Crippen molar-refractivity contribution in [3.05, 3.63) is 35.9 Å². The Labute approximate surface area is 284 Å². The molecule has 47 heavy (non-hydrogen) atoms. The number of methoxy groups -OCH3 is 1. The Balaban J connectivity index is 1.03. The van der Waals surface area contributed by atoms with Gasteiger partial charge in [0.05, 0.1) is 32.0 Å². The molecule has 5 fully saturated rings. The molecule has 1 aliphatic heterocycles. The van der Waals surface area contributed by atoms with Crippen molar-refractivity contribution in [2.75, 3.05) is 7.11 Å². The summed E-state index contributed by atoms with van der Waals surface area (Å²) in [5, 5.41) is 2.97. The van der Waals surface area contributed by atoms with Crippen LogP contribution in [0.5, 0.6) is 0 Å². The highest BCUT2D eigenvalue weighted by atomic mass is 16.5. The monoisotopic (exact) mass is 649 g/mol. The van der Waals surface area contributed by atoms with Crippen molar-refractivity contribution >= 4 is 11.9 Å². The SMILES string of the molecule is COC(=O)C(CC(C)C)NC(=O)[C@@H](C)CC[C@H]1O[C@H]2C[C@H]3[C@@H]4CC[C@@H]5C[C@@H](OCc6ccccc6)CC[C@]5(C)[C@H]4CC[C@]3(C)[C@H]2[C@@H]1C. The standard InChI is InChI=1S/C41H63NO5/c1-25(2)21-34(39(44)45-7)42-38(43)26(3)13-16-35-27(4)37-36(47-35)23-33-31-15-14-29-22-30(46-24-28-11-9-8-10-12-28)17-19-40(29,5)32(31)18-20-41(33,37)6/h8-12,25-27,29-37H,13-24H2,1-7H3,(H,42,43)/t26-,27+,29+,30-,31+,32-,33-,34?,35+,36-,37-,40-,41-/m0/s1. The Hall–Kier alpha value is -1.92. The molecular weight excluding hydrogens is 586 g/mol. The maximum absolute atomic E-state index is 13.1. The molecule has 1 saturated heterocycles. The molecule has 6 rings (SSSR count). The van der Waals surface area contributed by atoms with Gasteiger partial charge in [0.15, 0.2) is 0 Å². The molecule has 1 N–H and O–H groups in total. The number of ether oxygens (including phenoxy) is 3. The number of hydrogen-bond donors (Lipinski definition) is 1. The topological polar surface area (TPSA) is 73.9 Å². The molecule has 13 atom stereocenters. The van der Waals surface area contributed by atoms with Crippen LogP contribution in [0.25, 0.3) is 0 Å². The summed E-state index contributed by atoms with van der Waals surface area (Å²) in [4.78, 5) is 25.3. The van der Waals surface area contributed by atoms with Crippen molar-refractivity contribution in [3.8, 4) is 0 Å². The van der Waals surface area contributed by atoms with Crippen LogP contribution in [0.3, 0.4) is 0 Å². The first kappa shape index (κ1) is 34.9. The lowest BCUT2D eigenvalue weighted by molar-refractivity contribution is -0.146.